The standard InChI is InChI=1S/C17H22N4O2S/c1-11-7-8-13(23-11)14(20-9-5-3-4-6-10-20)15-16(22)21-17(24-15)18-12(2)19-21/h7-8,14,22H,3-6,9-10H2,1-2H3. The normalized spacial score (nSPS) is 18.1. The Hall–Kier alpha value is -1.86. The largest absolute Gasteiger partial charge is 0.492 e. The molecular formula is C17H22N4O2S. The van der Waals surface area contributed by atoms with Crippen molar-refractivity contribution in [3.8, 4) is 5.88 Å². The molecule has 3 aromatic rings. The number of fused-ring (bicyclic) bond motifs is 1. The van der Waals surface area contributed by atoms with Gasteiger partial charge in [-0.1, -0.05) is 24.2 Å². The molecule has 1 aliphatic heterocycles. The molecular weight excluding hydrogens is 324 g/mol. The first-order chi connectivity index (χ1) is 11.6. The minimum absolute atomic E-state index is 0.0781. The number of aromatic nitrogens is 3. The molecule has 6 nitrogen and oxygen atoms in total. The first-order valence-electron chi connectivity index (χ1n) is 8.49. The molecule has 0 bridgehead atoms. The summed E-state index contributed by atoms with van der Waals surface area (Å²) in [5.41, 5.74) is 0. The zero-order valence-corrected chi connectivity index (χ0v) is 14.8. The van der Waals surface area contributed by atoms with Crippen LogP contribution in [0.3, 0.4) is 0 Å². The molecule has 0 spiro atoms. The molecule has 0 aromatic carbocycles. The van der Waals surface area contributed by atoms with E-state index in [0.29, 0.717) is 5.82 Å². The number of hydrogen-bond acceptors (Lipinski definition) is 6. The molecule has 3 aromatic heterocycles. The van der Waals surface area contributed by atoms with Gasteiger partial charge in [-0.2, -0.15) is 4.52 Å². The van der Waals surface area contributed by atoms with Gasteiger partial charge in [0.05, 0.1) is 4.88 Å². The Morgan fingerprint density at radius 3 is 2.54 bits per heavy atom. The van der Waals surface area contributed by atoms with Gasteiger partial charge in [-0.15, -0.1) is 5.10 Å². The third kappa shape index (κ3) is 2.71. The first-order valence-corrected chi connectivity index (χ1v) is 9.30. The predicted molar refractivity (Wildman–Crippen MR) is 92.6 cm³/mol. The SMILES string of the molecule is Cc1nc2sc(C(c3ccc(C)o3)N3CCCCCC3)c(O)n2n1. The molecule has 1 aliphatic rings. The summed E-state index contributed by atoms with van der Waals surface area (Å²) in [4.78, 5) is 8.41. The van der Waals surface area contributed by atoms with Crippen LogP contribution in [-0.4, -0.2) is 37.7 Å². The number of aryl methyl sites for hydroxylation is 2. The number of nitrogens with zero attached hydrogens (tertiary/aromatic N) is 4. The molecule has 0 amide bonds. The number of aromatic hydroxyl groups is 1. The van der Waals surface area contributed by atoms with Crippen LogP contribution >= 0.6 is 11.3 Å². The van der Waals surface area contributed by atoms with Gasteiger partial charge in [0.25, 0.3) is 0 Å². The maximum absolute atomic E-state index is 10.7. The molecule has 4 rings (SSSR count). The fourth-order valence-corrected chi connectivity index (χ4v) is 4.60. The van der Waals surface area contributed by atoms with Crippen molar-refractivity contribution in [3.05, 3.63) is 34.4 Å². The second-order valence-corrected chi connectivity index (χ2v) is 7.45. The molecule has 1 N–H and O–H groups in total. The maximum Gasteiger partial charge on any atom is 0.230 e. The van der Waals surface area contributed by atoms with Gasteiger partial charge in [-0.25, -0.2) is 4.98 Å². The average Bonchev–Trinajstić information content (AvgIpc) is 3.12. The Balaban J connectivity index is 1.81. The lowest BCUT2D eigenvalue weighted by atomic mass is 10.1. The highest BCUT2D eigenvalue weighted by Crippen LogP contribution is 2.41. The molecule has 0 saturated carbocycles. The monoisotopic (exact) mass is 346 g/mol. The summed E-state index contributed by atoms with van der Waals surface area (Å²) in [6, 6.07) is 3.93. The number of furan rings is 1. The van der Waals surface area contributed by atoms with E-state index in [4.69, 9.17) is 4.42 Å². The van der Waals surface area contributed by atoms with Crippen LogP contribution in [0.5, 0.6) is 5.88 Å². The van der Waals surface area contributed by atoms with Crippen LogP contribution in [0.15, 0.2) is 16.5 Å². The summed E-state index contributed by atoms with van der Waals surface area (Å²) >= 11 is 1.50. The fourth-order valence-electron chi connectivity index (χ4n) is 3.45. The van der Waals surface area contributed by atoms with Crippen molar-refractivity contribution in [1.29, 1.82) is 0 Å². The Labute approximate surface area is 144 Å². The highest BCUT2D eigenvalue weighted by Gasteiger charge is 2.31. The van der Waals surface area contributed by atoms with Gasteiger partial charge in [0.15, 0.2) is 0 Å². The second kappa shape index (κ2) is 6.22. The van der Waals surface area contributed by atoms with Gasteiger partial charge in [-0.3, -0.25) is 4.90 Å². The molecule has 1 unspecified atom stereocenters. The second-order valence-electron chi connectivity index (χ2n) is 6.44. The fraction of sp³-hybridized carbons (Fsp3) is 0.529. The van der Waals surface area contributed by atoms with Gasteiger partial charge in [0.2, 0.25) is 10.8 Å². The van der Waals surface area contributed by atoms with Crippen LogP contribution in [0, 0.1) is 13.8 Å². The zero-order valence-electron chi connectivity index (χ0n) is 14.0. The molecule has 128 valence electrons. The van der Waals surface area contributed by atoms with Crippen LogP contribution in [0.4, 0.5) is 0 Å². The minimum Gasteiger partial charge on any atom is -0.492 e. The lowest BCUT2D eigenvalue weighted by Gasteiger charge is -2.28. The van der Waals surface area contributed by atoms with E-state index in [-0.39, 0.29) is 11.9 Å². The topological polar surface area (TPSA) is 66.8 Å². The van der Waals surface area contributed by atoms with Crippen molar-refractivity contribution in [2.75, 3.05) is 13.1 Å². The molecule has 1 fully saturated rings. The van der Waals surface area contributed by atoms with E-state index in [2.05, 4.69) is 15.0 Å². The van der Waals surface area contributed by atoms with Crippen LogP contribution in [-0.2, 0) is 0 Å². The summed E-state index contributed by atoms with van der Waals surface area (Å²) in [6.45, 7) is 5.81. The average molecular weight is 346 g/mol. The van der Waals surface area contributed by atoms with Crippen molar-refractivity contribution in [2.24, 2.45) is 0 Å². The summed E-state index contributed by atoms with van der Waals surface area (Å²) < 4.78 is 7.49. The lowest BCUT2D eigenvalue weighted by Crippen LogP contribution is -2.30. The Morgan fingerprint density at radius 1 is 1.17 bits per heavy atom. The Bertz CT molecular complexity index is 842. The smallest absolute Gasteiger partial charge is 0.230 e. The first kappa shape index (κ1) is 15.7. The third-order valence-corrected chi connectivity index (χ3v) is 5.66. The molecule has 0 aliphatic carbocycles. The van der Waals surface area contributed by atoms with Crippen molar-refractivity contribution in [1.82, 2.24) is 19.5 Å². The van der Waals surface area contributed by atoms with E-state index >= 15 is 0 Å². The molecule has 1 saturated heterocycles. The summed E-state index contributed by atoms with van der Waals surface area (Å²) in [7, 11) is 0. The van der Waals surface area contributed by atoms with E-state index in [1.54, 1.807) is 0 Å². The van der Waals surface area contributed by atoms with E-state index in [1.807, 2.05) is 26.0 Å². The van der Waals surface area contributed by atoms with Gasteiger partial charge in [0, 0.05) is 0 Å². The number of thiazole rings is 1. The highest BCUT2D eigenvalue weighted by atomic mass is 32.1. The quantitative estimate of drug-likeness (QED) is 0.784. The number of rotatable bonds is 3. The summed E-state index contributed by atoms with van der Waals surface area (Å²) in [6.07, 6.45) is 4.88. The maximum atomic E-state index is 10.7. The van der Waals surface area contributed by atoms with Crippen molar-refractivity contribution >= 4 is 16.3 Å². The zero-order chi connectivity index (χ0) is 16.7. The number of hydrogen-bond donors (Lipinski definition) is 1. The molecule has 1 atom stereocenters. The van der Waals surface area contributed by atoms with Crippen LogP contribution in [0.25, 0.3) is 4.96 Å². The number of likely N-dealkylation sites (tertiary alicyclic amines) is 1. The summed E-state index contributed by atoms with van der Waals surface area (Å²) in [5, 5.41) is 15.0. The summed E-state index contributed by atoms with van der Waals surface area (Å²) in [5.74, 6) is 2.62. The van der Waals surface area contributed by atoms with Crippen LogP contribution in [0.1, 0.15) is 53.9 Å². The van der Waals surface area contributed by atoms with Crippen LogP contribution in [0.2, 0.25) is 0 Å². The van der Waals surface area contributed by atoms with E-state index in [1.165, 1.54) is 41.5 Å². The van der Waals surface area contributed by atoms with E-state index in [0.717, 1.165) is 34.4 Å². The van der Waals surface area contributed by atoms with Gasteiger partial charge in [-0.05, 0) is 51.9 Å². The Morgan fingerprint density at radius 2 is 1.92 bits per heavy atom. The Kier molecular flexibility index (Phi) is 4.05. The minimum atomic E-state index is -0.0781. The van der Waals surface area contributed by atoms with Gasteiger partial charge in [0.1, 0.15) is 23.4 Å². The van der Waals surface area contributed by atoms with Gasteiger partial charge < -0.3 is 9.52 Å². The van der Waals surface area contributed by atoms with Crippen LogP contribution < -0.4 is 0 Å². The third-order valence-electron chi connectivity index (χ3n) is 4.59. The predicted octanol–water partition coefficient (Wildman–Crippen LogP) is 3.67. The van der Waals surface area contributed by atoms with E-state index < -0.39 is 0 Å². The molecule has 0 radical (unpaired) electrons. The van der Waals surface area contributed by atoms with Crippen molar-refractivity contribution < 1.29 is 9.52 Å². The highest BCUT2D eigenvalue weighted by molar-refractivity contribution is 7.17. The molecule has 24 heavy (non-hydrogen) atoms. The van der Waals surface area contributed by atoms with Crippen molar-refractivity contribution in [3.63, 3.8) is 0 Å². The van der Waals surface area contributed by atoms with Crippen molar-refractivity contribution in [2.45, 2.75) is 45.6 Å². The van der Waals surface area contributed by atoms with E-state index in [9.17, 15) is 5.11 Å². The van der Waals surface area contributed by atoms with Gasteiger partial charge >= 0.3 is 0 Å². The molecule has 7 heteroatoms. The molecule has 4 heterocycles. The lowest BCUT2D eigenvalue weighted by molar-refractivity contribution is 0.207.